The first kappa shape index (κ1) is 15.7. The highest BCUT2D eigenvalue weighted by Gasteiger charge is 2.25. The van der Waals surface area contributed by atoms with Crippen molar-refractivity contribution in [2.75, 3.05) is 20.2 Å². The molecule has 1 aliphatic heterocycles. The molecule has 0 bridgehead atoms. The topological polar surface area (TPSA) is 63.5 Å². The van der Waals surface area contributed by atoms with Gasteiger partial charge in [-0.1, -0.05) is 30.3 Å². The van der Waals surface area contributed by atoms with Crippen molar-refractivity contribution in [3.8, 4) is 16.9 Å². The van der Waals surface area contributed by atoms with Gasteiger partial charge in [0.2, 0.25) is 5.76 Å². The number of ether oxygens (including phenoxy) is 1. The predicted molar refractivity (Wildman–Crippen MR) is 96.9 cm³/mol. The molecule has 5 heteroatoms. The molecule has 1 unspecified atom stereocenters. The highest BCUT2D eigenvalue weighted by Crippen LogP contribution is 2.36. The largest absolute Gasteiger partial charge is 0.497 e. The third-order valence-corrected chi connectivity index (χ3v) is 4.56. The molecule has 2 N–H and O–H groups in total. The summed E-state index contributed by atoms with van der Waals surface area (Å²) in [4.78, 5) is 12.9. The fourth-order valence-electron chi connectivity index (χ4n) is 3.28. The number of furan rings is 1. The predicted octanol–water partition coefficient (Wildman–Crippen LogP) is 3.20. The number of carbonyl (C=O) groups excluding carboxylic acids is 1. The lowest BCUT2D eigenvalue weighted by Crippen LogP contribution is -2.36. The number of rotatable bonds is 4. The van der Waals surface area contributed by atoms with Crippen LogP contribution in [0.3, 0.4) is 0 Å². The maximum atomic E-state index is 12.9. The van der Waals surface area contributed by atoms with Crippen molar-refractivity contribution in [1.29, 1.82) is 0 Å². The summed E-state index contributed by atoms with van der Waals surface area (Å²) in [6.45, 7) is 1.72. The monoisotopic (exact) mass is 336 g/mol. The summed E-state index contributed by atoms with van der Waals surface area (Å²) in [7, 11) is 1.61. The van der Waals surface area contributed by atoms with E-state index in [1.165, 1.54) is 0 Å². The maximum Gasteiger partial charge on any atom is 0.287 e. The number of hydrogen-bond donors (Lipinski definition) is 2. The van der Waals surface area contributed by atoms with Crippen LogP contribution in [0.4, 0.5) is 0 Å². The summed E-state index contributed by atoms with van der Waals surface area (Å²) in [6.07, 6.45) is 0.931. The van der Waals surface area contributed by atoms with Crippen LogP contribution in [0.5, 0.6) is 5.75 Å². The molecule has 25 heavy (non-hydrogen) atoms. The van der Waals surface area contributed by atoms with Gasteiger partial charge >= 0.3 is 0 Å². The Labute approximate surface area is 146 Å². The second kappa shape index (κ2) is 6.61. The average molecular weight is 336 g/mol. The van der Waals surface area contributed by atoms with E-state index < -0.39 is 0 Å². The van der Waals surface area contributed by atoms with E-state index in [2.05, 4.69) is 10.6 Å². The minimum Gasteiger partial charge on any atom is -0.497 e. The number of methoxy groups -OCH3 is 1. The van der Waals surface area contributed by atoms with Gasteiger partial charge in [-0.2, -0.15) is 0 Å². The Hall–Kier alpha value is -2.79. The third-order valence-electron chi connectivity index (χ3n) is 4.56. The maximum absolute atomic E-state index is 12.9. The summed E-state index contributed by atoms with van der Waals surface area (Å²) in [6, 6.07) is 15.6. The van der Waals surface area contributed by atoms with Crippen LogP contribution in [0.25, 0.3) is 22.1 Å². The molecule has 0 radical (unpaired) electrons. The molecule has 3 aromatic rings. The molecular formula is C20H20N2O3. The molecule has 0 saturated carbocycles. The summed E-state index contributed by atoms with van der Waals surface area (Å²) in [5.41, 5.74) is 2.43. The van der Waals surface area contributed by atoms with Crippen LogP contribution < -0.4 is 15.4 Å². The van der Waals surface area contributed by atoms with Gasteiger partial charge in [0.25, 0.3) is 5.91 Å². The van der Waals surface area contributed by atoms with Crippen LogP contribution >= 0.6 is 0 Å². The fourth-order valence-corrected chi connectivity index (χ4v) is 3.28. The first-order valence-corrected chi connectivity index (χ1v) is 8.44. The van der Waals surface area contributed by atoms with Crippen LogP contribution in [-0.4, -0.2) is 32.1 Å². The molecule has 4 rings (SSSR count). The Morgan fingerprint density at radius 3 is 2.80 bits per heavy atom. The van der Waals surface area contributed by atoms with Crippen molar-refractivity contribution in [2.45, 2.75) is 12.5 Å². The quantitative estimate of drug-likeness (QED) is 0.768. The zero-order valence-electron chi connectivity index (χ0n) is 14.0. The van der Waals surface area contributed by atoms with Crippen molar-refractivity contribution >= 4 is 16.9 Å². The molecule has 2 aromatic carbocycles. The van der Waals surface area contributed by atoms with Gasteiger partial charge in [0.15, 0.2) is 0 Å². The second-order valence-corrected chi connectivity index (χ2v) is 6.20. The van der Waals surface area contributed by atoms with E-state index in [1.807, 2.05) is 48.5 Å². The van der Waals surface area contributed by atoms with Gasteiger partial charge < -0.3 is 19.8 Å². The fraction of sp³-hybridized carbons (Fsp3) is 0.250. The van der Waals surface area contributed by atoms with Crippen LogP contribution in [0.1, 0.15) is 17.0 Å². The highest BCUT2D eigenvalue weighted by atomic mass is 16.5. The van der Waals surface area contributed by atoms with Crippen LogP contribution in [0, 0.1) is 0 Å². The summed E-state index contributed by atoms with van der Waals surface area (Å²) in [5.74, 6) is 0.872. The van der Waals surface area contributed by atoms with Gasteiger partial charge in [0.1, 0.15) is 11.3 Å². The molecule has 128 valence electrons. The van der Waals surface area contributed by atoms with E-state index in [0.29, 0.717) is 17.1 Å². The van der Waals surface area contributed by atoms with E-state index >= 15 is 0 Å². The summed E-state index contributed by atoms with van der Waals surface area (Å²) < 4.78 is 11.2. The van der Waals surface area contributed by atoms with E-state index in [9.17, 15) is 4.79 Å². The Morgan fingerprint density at radius 1 is 1.24 bits per heavy atom. The second-order valence-electron chi connectivity index (χ2n) is 6.20. The van der Waals surface area contributed by atoms with Gasteiger partial charge in [-0.25, -0.2) is 0 Å². The molecule has 1 aromatic heterocycles. The Morgan fingerprint density at radius 2 is 2.08 bits per heavy atom. The molecular weight excluding hydrogens is 316 g/mol. The van der Waals surface area contributed by atoms with E-state index in [0.717, 1.165) is 36.0 Å². The number of amides is 1. The van der Waals surface area contributed by atoms with Gasteiger partial charge in [-0.3, -0.25) is 4.79 Å². The molecule has 1 aliphatic rings. The normalized spacial score (nSPS) is 16.9. The first-order valence-electron chi connectivity index (χ1n) is 8.44. The van der Waals surface area contributed by atoms with Crippen LogP contribution in [-0.2, 0) is 0 Å². The van der Waals surface area contributed by atoms with Gasteiger partial charge in [0.05, 0.1) is 7.11 Å². The average Bonchev–Trinajstić information content (AvgIpc) is 3.29. The number of nitrogens with one attached hydrogen (secondary N) is 2. The summed E-state index contributed by atoms with van der Waals surface area (Å²) >= 11 is 0. The molecule has 0 spiro atoms. The number of hydrogen-bond acceptors (Lipinski definition) is 4. The Balaban J connectivity index is 1.82. The van der Waals surface area contributed by atoms with Crippen molar-refractivity contribution in [3.05, 3.63) is 54.3 Å². The van der Waals surface area contributed by atoms with E-state index in [4.69, 9.17) is 9.15 Å². The minimum atomic E-state index is -0.178. The molecule has 1 atom stereocenters. The number of benzene rings is 2. The Bertz CT molecular complexity index is 896. The molecule has 5 nitrogen and oxygen atoms in total. The van der Waals surface area contributed by atoms with Gasteiger partial charge in [-0.15, -0.1) is 0 Å². The molecule has 1 amide bonds. The van der Waals surface area contributed by atoms with Crippen molar-refractivity contribution < 1.29 is 13.9 Å². The first-order chi connectivity index (χ1) is 12.3. The van der Waals surface area contributed by atoms with E-state index in [1.54, 1.807) is 7.11 Å². The Kier molecular flexibility index (Phi) is 4.15. The van der Waals surface area contributed by atoms with E-state index in [-0.39, 0.29) is 11.9 Å². The third kappa shape index (κ3) is 2.98. The molecule has 1 fully saturated rings. The zero-order valence-corrected chi connectivity index (χ0v) is 14.0. The SMILES string of the molecule is COc1ccc2c(-c3ccccc3)c(C(=O)NC3CCNC3)oc2c1. The lowest BCUT2D eigenvalue weighted by atomic mass is 10.0. The van der Waals surface area contributed by atoms with Crippen molar-refractivity contribution in [1.82, 2.24) is 10.6 Å². The molecule has 2 heterocycles. The van der Waals surface area contributed by atoms with Gasteiger partial charge in [0, 0.05) is 29.6 Å². The highest BCUT2D eigenvalue weighted by molar-refractivity contribution is 6.08. The summed E-state index contributed by atoms with van der Waals surface area (Å²) in [5, 5.41) is 7.23. The number of carbonyl (C=O) groups is 1. The van der Waals surface area contributed by atoms with Crippen molar-refractivity contribution in [3.63, 3.8) is 0 Å². The van der Waals surface area contributed by atoms with Crippen LogP contribution in [0.2, 0.25) is 0 Å². The standard InChI is InChI=1S/C20H20N2O3/c1-24-15-7-8-16-17(11-15)25-19(18(16)13-5-3-2-4-6-13)20(23)22-14-9-10-21-12-14/h2-8,11,14,21H,9-10,12H2,1H3,(H,22,23). The smallest absolute Gasteiger partial charge is 0.287 e. The zero-order chi connectivity index (χ0) is 17.2. The lowest BCUT2D eigenvalue weighted by Gasteiger charge is -2.11. The molecule has 1 saturated heterocycles. The lowest BCUT2D eigenvalue weighted by molar-refractivity contribution is 0.0915. The number of fused-ring (bicyclic) bond motifs is 1. The van der Waals surface area contributed by atoms with Crippen molar-refractivity contribution in [2.24, 2.45) is 0 Å². The molecule has 0 aliphatic carbocycles. The minimum absolute atomic E-state index is 0.138. The van der Waals surface area contributed by atoms with Gasteiger partial charge in [-0.05, 0) is 30.7 Å². The van der Waals surface area contributed by atoms with Crippen LogP contribution in [0.15, 0.2) is 52.9 Å².